The Bertz CT molecular complexity index is 306. The first-order valence-electron chi connectivity index (χ1n) is 6.76. The maximum Gasteiger partial charge on any atom is 0.0507 e. The molecule has 0 bridgehead atoms. The lowest BCUT2D eigenvalue weighted by Crippen LogP contribution is -2.27. The van der Waals surface area contributed by atoms with E-state index in [1.807, 2.05) is 0 Å². The monoisotopic (exact) mass is 233 g/mol. The first-order chi connectivity index (χ1) is 8.40. The van der Waals surface area contributed by atoms with E-state index in [0.29, 0.717) is 12.0 Å². The standard InChI is InChI=1S/C15H23NO/c1-2-6-15(14-7-4-3-5-8-14)16-11-13-9-10-17-12-13/h3-5,7-8,13,15-16H,2,6,9-12H2,1H3. The zero-order chi connectivity index (χ0) is 11.9. The third kappa shape index (κ3) is 3.83. The lowest BCUT2D eigenvalue weighted by molar-refractivity contribution is 0.184. The van der Waals surface area contributed by atoms with Gasteiger partial charge in [0.25, 0.3) is 0 Å². The fourth-order valence-electron chi connectivity index (χ4n) is 2.41. The van der Waals surface area contributed by atoms with E-state index in [4.69, 9.17) is 4.74 Å². The molecule has 0 spiro atoms. The lowest BCUT2D eigenvalue weighted by Gasteiger charge is -2.20. The zero-order valence-corrected chi connectivity index (χ0v) is 10.7. The summed E-state index contributed by atoms with van der Waals surface area (Å²) in [5, 5.41) is 3.70. The molecule has 0 aromatic heterocycles. The minimum absolute atomic E-state index is 0.502. The SMILES string of the molecule is CCCC(NCC1CCOC1)c1ccccc1. The van der Waals surface area contributed by atoms with Gasteiger partial charge < -0.3 is 10.1 Å². The van der Waals surface area contributed by atoms with Crippen LogP contribution in [0.4, 0.5) is 0 Å². The number of nitrogens with one attached hydrogen (secondary N) is 1. The van der Waals surface area contributed by atoms with E-state index < -0.39 is 0 Å². The number of ether oxygens (including phenoxy) is 1. The fourth-order valence-corrected chi connectivity index (χ4v) is 2.41. The Kier molecular flexibility index (Phi) is 5.02. The second kappa shape index (κ2) is 6.77. The molecule has 94 valence electrons. The molecule has 1 fully saturated rings. The van der Waals surface area contributed by atoms with Gasteiger partial charge in [0.2, 0.25) is 0 Å². The van der Waals surface area contributed by atoms with Crippen LogP contribution in [0.2, 0.25) is 0 Å². The van der Waals surface area contributed by atoms with Crippen molar-refractivity contribution in [2.75, 3.05) is 19.8 Å². The van der Waals surface area contributed by atoms with Gasteiger partial charge in [0.15, 0.2) is 0 Å². The molecule has 17 heavy (non-hydrogen) atoms. The number of benzene rings is 1. The van der Waals surface area contributed by atoms with Crippen molar-refractivity contribution in [1.29, 1.82) is 0 Å². The van der Waals surface area contributed by atoms with Gasteiger partial charge in [-0.15, -0.1) is 0 Å². The molecule has 0 aliphatic carbocycles. The van der Waals surface area contributed by atoms with Crippen LogP contribution in [0.25, 0.3) is 0 Å². The average molecular weight is 233 g/mol. The summed E-state index contributed by atoms with van der Waals surface area (Å²) >= 11 is 0. The van der Waals surface area contributed by atoms with Crippen LogP contribution in [-0.2, 0) is 4.74 Å². The molecule has 2 nitrogen and oxygen atoms in total. The van der Waals surface area contributed by atoms with Crippen LogP contribution < -0.4 is 5.32 Å². The molecule has 0 radical (unpaired) electrons. The molecule has 1 aliphatic heterocycles. The van der Waals surface area contributed by atoms with Crippen LogP contribution in [0.3, 0.4) is 0 Å². The molecule has 1 saturated heterocycles. The smallest absolute Gasteiger partial charge is 0.0507 e. The number of hydrogen-bond donors (Lipinski definition) is 1. The predicted octanol–water partition coefficient (Wildman–Crippen LogP) is 3.15. The molecule has 2 unspecified atom stereocenters. The molecule has 2 heteroatoms. The fraction of sp³-hybridized carbons (Fsp3) is 0.600. The van der Waals surface area contributed by atoms with Crippen LogP contribution in [0.15, 0.2) is 30.3 Å². The van der Waals surface area contributed by atoms with Crippen molar-refractivity contribution in [2.45, 2.75) is 32.2 Å². The Balaban J connectivity index is 1.88. The first-order valence-corrected chi connectivity index (χ1v) is 6.76. The van der Waals surface area contributed by atoms with Crippen molar-refractivity contribution >= 4 is 0 Å². The van der Waals surface area contributed by atoms with Crippen LogP contribution in [0.5, 0.6) is 0 Å². The highest BCUT2D eigenvalue weighted by Gasteiger charge is 2.17. The van der Waals surface area contributed by atoms with E-state index in [0.717, 1.165) is 19.8 Å². The van der Waals surface area contributed by atoms with Crippen LogP contribution in [-0.4, -0.2) is 19.8 Å². The van der Waals surface area contributed by atoms with Gasteiger partial charge in [-0.2, -0.15) is 0 Å². The molecule has 0 saturated carbocycles. The Morgan fingerprint density at radius 3 is 2.82 bits per heavy atom. The minimum atomic E-state index is 0.502. The topological polar surface area (TPSA) is 21.3 Å². The summed E-state index contributed by atoms with van der Waals surface area (Å²) < 4.78 is 5.42. The van der Waals surface area contributed by atoms with Crippen LogP contribution >= 0.6 is 0 Å². The van der Waals surface area contributed by atoms with Gasteiger partial charge >= 0.3 is 0 Å². The van der Waals surface area contributed by atoms with Crippen molar-refractivity contribution in [3.63, 3.8) is 0 Å². The molecule has 2 rings (SSSR count). The maximum atomic E-state index is 5.42. The van der Waals surface area contributed by atoms with Crippen molar-refractivity contribution in [3.05, 3.63) is 35.9 Å². The van der Waals surface area contributed by atoms with Crippen molar-refractivity contribution in [2.24, 2.45) is 5.92 Å². The summed E-state index contributed by atoms with van der Waals surface area (Å²) in [5.41, 5.74) is 1.41. The molecule has 2 atom stereocenters. The number of hydrogen-bond acceptors (Lipinski definition) is 2. The van der Waals surface area contributed by atoms with E-state index in [9.17, 15) is 0 Å². The quantitative estimate of drug-likeness (QED) is 0.815. The predicted molar refractivity (Wildman–Crippen MR) is 71.0 cm³/mol. The Labute approximate surface area is 104 Å². The Morgan fingerprint density at radius 1 is 1.35 bits per heavy atom. The largest absolute Gasteiger partial charge is 0.381 e. The van der Waals surface area contributed by atoms with E-state index in [2.05, 4.69) is 42.6 Å². The highest BCUT2D eigenvalue weighted by Crippen LogP contribution is 2.19. The molecule has 0 amide bonds. The second-order valence-electron chi connectivity index (χ2n) is 4.89. The van der Waals surface area contributed by atoms with Gasteiger partial charge in [-0.05, 0) is 24.3 Å². The average Bonchev–Trinajstić information content (AvgIpc) is 2.88. The van der Waals surface area contributed by atoms with Crippen molar-refractivity contribution in [1.82, 2.24) is 5.32 Å². The molecule has 1 aromatic rings. The summed E-state index contributed by atoms with van der Waals surface area (Å²) in [6, 6.07) is 11.3. The summed E-state index contributed by atoms with van der Waals surface area (Å²) in [4.78, 5) is 0. The van der Waals surface area contributed by atoms with Crippen LogP contribution in [0.1, 0.15) is 37.8 Å². The van der Waals surface area contributed by atoms with Gasteiger partial charge in [0, 0.05) is 19.2 Å². The molecule has 1 aliphatic rings. The minimum Gasteiger partial charge on any atom is -0.381 e. The number of rotatable bonds is 6. The molecule has 1 heterocycles. The third-order valence-electron chi connectivity index (χ3n) is 3.46. The van der Waals surface area contributed by atoms with Gasteiger partial charge in [-0.3, -0.25) is 0 Å². The Morgan fingerprint density at radius 2 is 2.18 bits per heavy atom. The first kappa shape index (κ1) is 12.6. The second-order valence-corrected chi connectivity index (χ2v) is 4.89. The highest BCUT2D eigenvalue weighted by atomic mass is 16.5. The van der Waals surface area contributed by atoms with E-state index >= 15 is 0 Å². The lowest BCUT2D eigenvalue weighted by atomic mass is 10.0. The summed E-state index contributed by atoms with van der Waals surface area (Å²) in [6.45, 7) is 5.20. The summed E-state index contributed by atoms with van der Waals surface area (Å²) in [7, 11) is 0. The third-order valence-corrected chi connectivity index (χ3v) is 3.46. The van der Waals surface area contributed by atoms with Gasteiger partial charge in [0.05, 0.1) is 6.61 Å². The van der Waals surface area contributed by atoms with E-state index in [1.54, 1.807) is 0 Å². The zero-order valence-electron chi connectivity index (χ0n) is 10.7. The molecule has 1 N–H and O–H groups in total. The molecular formula is C15H23NO. The Hall–Kier alpha value is -0.860. The summed E-state index contributed by atoms with van der Waals surface area (Å²) in [5.74, 6) is 0.707. The summed E-state index contributed by atoms with van der Waals surface area (Å²) in [6.07, 6.45) is 3.63. The van der Waals surface area contributed by atoms with Gasteiger partial charge in [0.1, 0.15) is 0 Å². The molecule has 1 aromatic carbocycles. The van der Waals surface area contributed by atoms with Crippen molar-refractivity contribution < 1.29 is 4.74 Å². The van der Waals surface area contributed by atoms with E-state index in [-0.39, 0.29) is 0 Å². The van der Waals surface area contributed by atoms with E-state index in [1.165, 1.54) is 24.8 Å². The highest BCUT2D eigenvalue weighted by molar-refractivity contribution is 5.18. The normalized spacial score (nSPS) is 21.6. The molecular weight excluding hydrogens is 210 g/mol. The van der Waals surface area contributed by atoms with Crippen molar-refractivity contribution in [3.8, 4) is 0 Å². The van der Waals surface area contributed by atoms with Crippen LogP contribution in [0, 0.1) is 5.92 Å². The maximum absolute atomic E-state index is 5.42. The van der Waals surface area contributed by atoms with Gasteiger partial charge in [-0.1, -0.05) is 43.7 Å². The van der Waals surface area contributed by atoms with Gasteiger partial charge in [-0.25, -0.2) is 0 Å².